The van der Waals surface area contributed by atoms with Crippen LogP contribution in [0.15, 0.2) is 12.7 Å². The molecule has 0 spiro atoms. The standard InChI is InChI=1S/C10H16N2O2/c1-3-7-12(8-5-6-11)9-10(13)14-4-2/h3H,1,4-5,7-9H2,2H3. The Kier molecular flexibility index (Phi) is 7.48. The lowest BCUT2D eigenvalue weighted by atomic mass is 10.4. The fourth-order valence-corrected chi connectivity index (χ4v) is 1.01. The first-order valence-electron chi connectivity index (χ1n) is 4.60. The number of nitriles is 1. The van der Waals surface area contributed by atoms with Gasteiger partial charge < -0.3 is 4.74 Å². The Morgan fingerprint density at radius 1 is 1.71 bits per heavy atom. The van der Waals surface area contributed by atoms with E-state index in [4.69, 9.17) is 10.00 Å². The van der Waals surface area contributed by atoms with Crippen LogP contribution in [0, 0.1) is 11.3 Å². The third-order valence-corrected chi connectivity index (χ3v) is 1.59. The molecule has 0 aromatic carbocycles. The molecule has 0 aliphatic carbocycles. The van der Waals surface area contributed by atoms with Gasteiger partial charge in [-0.25, -0.2) is 0 Å². The zero-order valence-corrected chi connectivity index (χ0v) is 8.53. The molecule has 4 heteroatoms. The summed E-state index contributed by atoms with van der Waals surface area (Å²) in [4.78, 5) is 12.9. The molecule has 0 saturated carbocycles. The average molecular weight is 196 g/mol. The smallest absolute Gasteiger partial charge is 0.320 e. The third kappa shape index (κ3) is 6.21. The van der Waals surface area contributed by atoms with Crippen LogP contribution in [0.2, 0.25) is 0 Å². The van der Waals surface area contributed by atoms with E-state index in [0.717, 1.165) is 0 Å². The molecule has 0 atom stereocenters. The predicted molar refractivity (Wildman–Crippen MR) is 53.5 cm³/mol. The minimum absolute atomic E-state index is 0.224. The van der Waals surface area contributed by atoms with Crippen LogP contribution in [0.1, 0.15) is 13.3 Å². The Morgan fingerprint density at radius 3 is 2.93 bits per heavy atom. The van der Waals surface area contributed by atoms with Crippen molar-refractivity contribution in [3.63, 3.8) is 0 Å². The van der Waals surface area contributed by atoms with E-state index in [0.29, 0.717) is 26.1 Å². The number of carbonyl (C=O) groups excluding carboxylic acids is 1. The number of hydrogen-bond acceptors (Lipinski definition) is 4. The van der Waals surface area contributed by atoms with Crippen molar-refractivity contribution in [3.05, 3.63) is 12.7 Å². The van der Waals surface area contributed by atoms with Crippen molar-refractivity contribution in [2.24, 2.45) is 0 Å². The fraction of sp³-hybridized carbons (Fsp3) is 0.600. The van der Waals surface area contributed by atoms with Crippen molar-refractivity contribution in [3.8, 4) is 6.07 Å². The van der Waals surface area contributed by atoms with Crippen molar-refractivity contribution >= 4 is 5.97 Å². The molecule has 0 aliphatic heterocycles. The van der Waals surface area contributed by atoms with Crippen LogP contribution < -0.4 is 0 Å². The average Bonchev–Trinajstić information content (AvgIpc) is 2.15. The number of ether oxygens (including phenoxy) is 1. The van der Waals surface area contributed by atoms with Crippen LogP contribution in [0.3, 0.4) is 0 Å². The highest BCUT2D eigenvalue weighted by Crippen LogP contribution is 1.93. The van der Waals surface area contributed by atoms with Gasteiger partial charge in [-0.2, -0.15) is 5.26 Å². The molecule has 0 N–H and O–H groups in total. The summed E-state index contributed by atoms with van der Waals surface area (Å²) in [5.74, 6) is -0.257. The lowest BCUT2D eigenvalue weighted by molar-refractivity contribution is -0.144. The highest BCUT2D eigenvalue weighted by Gasteiger charge is 2.09. The molecule has 0 bridgehead atoms. The largest absolute Gasteiger partial charge is 0.465 e. The van der Waals surface area contributed by atoms with Crippen LogP contribution in [0.5, 0.6) is 0 Å². The Labute approximate surface area is 84.8 Å². The molecule has 0 aliphatic rings. The van der Waals surface area contributed by atoms with Gasteiger partial charge >= 0.3 is 5.97 Å². The van der Waals surface area contributed by atoms with Gasteiger partial charge in [-0.1, -0.05) is 6.08 Å². The number of esters is 1. The fourth-order valence-electron chi connectivity index (χ4n) is 1.01. The summed E-state index contributed by atoms with van der Waals surface area (Å²) in [6, 6.07) is 2.03. The summed E-state index contributed by atoms with van der Waals surface area (Å²) in [5.41, 5.74) is 0. The second-order valence-electron chi connectivity index (χ2n) is 2.74. The van der Waals surface area contributed by atoms with Gasteiger partial charge in [0.2, 0.25) is 0 Å². The number of nitrogens with zero attached hydrogens (tertiary/aromatic N) is 2. The zero-order valence-electron chi connectivity index (χ0n) is 8.53. The maximum Gasteiger partial charge on any atom is 0.320 e. The molecule has 0 unspecified atom stereocenters. The van der Waals surface area contributed by atoms with E-state index in [-0.39, 0.29) is 12.5 Å². The summed E-state index contributed by atoms with van der Waals surface area (Å²) in [7, 11) is 0. The monoisotopic (exact) mass is 196 g/mol. The summed E-state index contributed by atoms with van der Waals surface area (Å²) in [6.07, 6.45) is 2.11. The van der Waals surface area contributed by atoms with E-state index in [9.17, 15) is 4.79 Å². The van der Waals surface area contributed by atoms with Crippen molar-refractivity contribution in [2.45, 2.75) is 13.3 Å². The molecule has 0 fully saturated rings. The summed E-state index contributed by atoms with van der Waals surface area (Å²) >= 11 is 0. The third-order valence-electron chi connectivity index (χ3n) is 1.59. The Balaban J connectivity index is 3.88. The minimum atomic E-state index is -0.257. The highest BCUT2D eigenvalue weighted by atomic mass is 16.5. The maximum atomic E-state index is 11.1. The van der Waals surface area contributed by atoms with Crippen LogP contribution >= 0.6 is 0 Å². The molecule has 4 nitrogen and oxygen atoms in total. The first kappa shape index (κ1) is 12.7. The quantitative estimate of drug-likeness (QED) is 0.449. The van der Waals surface area contributed by atoms with E-state index in [1.165, 1.54) is 0 Å². The molecule has 0 amide bonds. The van der Waals surface area contributed by atoms with E-state index >= 15 is 0 Å². The van der Waals surface area contributed by atoms with Gasteiger partial charge in [0.1, 0.15) is 0 Å². The predicted octanol–water partition coefficient (Wildman–Crippen LogP) is 0.951. The Morgan fingerprint density at radius 2 is 2.43 bits per heavy atom. The van der Waals surface area contributed by atoms with Crippen LogP contribution in [-0.4, -0.2) is 37.1 Å². The van der Waals surface area contributed by atoms with Gasteiger partial charge in [-0.15, -0.1) is 6.58 Å². The van der Waals surface area contributed by atoms with Crippen molar-refractivity contribution in [1.29, 1.82) is 5.26 Å². The number of hydrogen-bond donors (Lipinski definition) is 0. The van der Waals surface area contributed by atoms with E-state index < -0.39 is 0 Å². The Hall–Kier alpha value is -1.34. The number of rotatable bonds is 7. The minimum Gasteiger partial charge on any atom is -0.465 e. The SMILES string of the molecule is C=CCN(CCC#N)CC(=O)OCC. The zero-order chi connectivity index (χ0) is 10.8. The van der Waals surface area contributed by atoms with Gasteiger partial charge in [0.25, 0.3) is 0 Å². The summed E-state index contributed by atoms with van der Waals surface area (Å²) < 4.78 is 4.80. The molecule has 0 radical (unpaired) electrons. The van der Waals surface area contributed by atoms with Crippen LogP contribution in [0.4, 0.5) is 0 Å². The lowest BCUT2D eigenvalue weighted by Gasteiger charge is -2.17. The molecule has 0 aromatic heterocycles. The normalized spacial score (nSPS) is 9.50. The van der Waals surface area contributed by atoms with Crippen molar-refractivity contribution < 1.29 is 9.53 Å². The van der Waals surface area contributed by atoms with Gasteiger partial charge in [-0.3, -0.25) is 9.69 Å². The van der Waals surface area contributed by atoms with Crippen molar-refractivity contribution in [2.75, 3.05) is 26.2 Å². The second-order valence-corrected chi connectivity index (χ2v) is 2.74. The van der Waals surface area contributed by atoms with Gasteiger partial charge in [0.05, 0.1) is 19.2 Å². The Bertz CT molecular complexity index is 221. The summed E-state index contributed by atoms with van der Waals surface area (Å²) in [5, 5.41) is 8.40. The molecular weight excluding hydrogens is 180 g/mol. The van der Waals surface area contributed by atoms with Gasteiger partial charge in [-0.05, 0) is 6.92 Å². The topological polar surface area (TPSA) is 53.3 Å². The van der Waals surface area contributed by atoms with Gasteiger partial charge in [0.15, 0.2) is 0 Å². The van der Waals surface area contributed by atoms with E-state index in [2.05, 4.69) is 6.58 Å². The number of carbonyl (C=O) groups is 1. The second kappa shape index (κ2) is 8.27. The molecule has 0 aromatic rings. The van der Waals surface area contributed by atoms with Crippen LogP contribution in [-0.2, 0) is 9.53 Å². The van der Waals surface area contributed by atoms with Gasteiger partial charge in [0, 0.05) is 19.5 Å². The maximum absolute atomic E-state index is 11.1. The molecule has 0 heterocycles. The summed E-state index contributed by atoms with van der Waals surface area (Å²) in [6.45, 7) is 7.13. The molecule has 0 saturated heterocycles. The van der Waals surface area contributed by atoms with Crippen molar-refractivity contribution in [1.82, 2.24) is 4.90 Å². The van der Waals surface area contributed by atoms with E-state index in [1.807, 2.05) is 11.0 Å². The van der Waals surface area contributed by atoms with E-state index in [1.54, 1.807) is 13.0 Å². The lowest BCUT2D eigenvalue weighted by Crippen LogP contribution is -2.32. The molecule has 14 heavy (non-hydrogen) atoms. The first-order valence-corrected chi connectivity index (χ1v) is 4.60. The highest BCUT2D eigenvalue weighted by molar-refractivity contribution is 5.71. The first-order chi connectivity index (χ1) is 6.74. The van der Waals surface area contributed by atoms with Crippen LogP contribution in [0.25, 0.3) is 0 Å². The molecular formula is C10H16N2O2. The molecule has 0 rings (SSSR count). The molecule has 78 valence electrons.